The Bertz CT molecular complexity index is 1080. The van der Waals surface area contributed by atoms with Gasteiger partial charge in [-0.1, -0.05) is 11.6 Å². The summed E-state index contributed by atoms with van der Waals surface area (Å²) in [4.78, 5) is 18.0. The molecule has 0 atom stereocenters. The molecule has 0 radical (unpaired) electrons. The molecule has 0 bridgehead atoms. The second kappa shape index (κ2) is 7.20. The van der Waals surface area contributed by atoms with Crippen molar-refractivity contribution in [1.29, 1.82) is 0 Å². The van der Waals surface area contributed by atoms with Gasteiger partial charge in [0.05, 0.1) is 30.2 Å². The quantitative estimate of drug-likeness (QED) is 0.363. The fourth-order valence-electron chi connectivity index (χ4n) is 3.15. The molecule has 1 aliphatic heterocycles. The van der Waals surface area contributed by atoms with E-state index in [1.54, 1.807) is 0 Å². The van der Waals surface area contributed by atoms with Gasteiger partial charge in [-0.25, -0.2) is 4.98 Å². The van der Waals surface area contributed by atoms with Crippen molar-refractivity contribution in [3.63, 3.8) is 0 Å². The lowest BCUT2D eigenvalue weighted by Crippen LogP contribution is -2.40. The smallest absolute Gasteiger partial charge is 0.440 e. The average Bonchev–Trinajstić information content (AvgIpc) is 3.22. The van der Waals surface area contributed by atoms with E-state index in [0.29, 0.717) is 32.0 Å². The molecule has 0 unspecified atom stereocenters. The number of carbonyl (C=O) groups is 1. The van der Waals surface area contributed by atoms with Crippen molar-refractivity contribution in [2.24, 2.45) is 0 Å². The van der Waals surface area contributed by atoms with Crippen LogP contribution in [0.5, 0.6) is 0 Å². The Hall–Kier alpha value is -2.85. The van der Waals surface area contributed by atoms with Crippen LogP contribution in [0.25, 0.3) is 11.0 Å². The number of hydrogen-bond acceptors (Lipinski definition) is 6. The number of morpholine rings is 1. The molecular formula is C18H13ClF3N3O4. The zero-order chi connectivity index (χ0) is 20.8. The maximum absolute atomic E-state index is 13.6. The Labute approximate surface area is 166 Å². The van der Waals surface area contributed by atoms with Crippen molar-refractivity contribution >= 4 is 34.1 Å². The van der Waals surface area contributed by atoms with Gasteiger partial charge in [0.2, 0.25) is 11.2 Å². The van der Waals surface area contributed by atoms with Crippen LogP contribution in [0.15, 0.2) is 34.9 Å². The first-order valence-electron chi connectivity index (χ1n) is 8.52. The van der Waals surface area contributed by atoms with E-state index in [-0.39, 0.29) is 20.8 Å². The van der Waals surface area contributed by atoms with Crippen molar-refractivity contribution in [1.82, 2.24) is 4.98 Å². The second-order valence-electron chi connectivity index (χ2n) is 6.30. The lowest BCUT2D eigenvalue weighted by molar-refractivity contribution is -0.581. The summed E-state index contributed by atoms with van der Waals surface area (Å²) in [6, 6.07) is 5.03. The summed E-state index contributed by atoms with van der Waals surface area (Å²) in [6.07, 6.45) is -3.91. The van der Waals surface area contributed by atoms with E-state index in [2.05, 4.69) is 4.98 Å². The largest absolute Gasteiger partial charge is 0.618 e. The molecule has 0 saturated carbocycles. The van der Waals surface area contributed by atoms with Gasteiger partial charge in [-0.05, 0) is 18.2 Å². The Kier molecular flexibility index (Phi) is 4.83. The highest BCUT2D eigenvalue weighted by atomic mass is 35.5. The highest BCUT2D eigenvalue weighted by molar-refractivity contribution is 6.34. The van der Waals surface area contributed by atoms with Gasteiger partial charge in [-0.15, -0.1) is 0 Å². The zero-order valence-corrected chi connectivity index (χ0v) is 15.5. The average molecular weight is 428 g/mol. The minimum absolute atomic E-state index is 0.0592. The van der Waals surface area contributed by atoms with Gasteiger partial charge in [0.25, 0.3) is 11.5 Å². The number of carbonyl (C=O) groups excluding carboxylic acids is 1. The molecule has 1 saturated heterocycles. The first kappa shape index (κ1) is 19.5. The molecule has 1 aromatic carbocycles. The molecule has 3 aromatic rings. The molecule has 4 rings (SSSR count). The van der Waals surface area contributed by atoms with Crippen molar-refractivity contribution < 1.29 is 31.9 Å². The molecule has 152 valence electrons. The summed E-state index contributed by atoms with van der Waals surface area (Å²) in [6.45, 7) is 1.88. The summed E-state index contributed by atoms with van der Waals surface area (Å²) in [5.74, 6) is -1.61. The number of anilines is 1. The third-order valence-corrected chi connectivity index (χ3v) is 4.81. The Morgan fingerprint density at radius 1 is 1.28 bits per heavy atom. The summed E-state index contributed by atoms with van der Waals surface area (Å²) in [5.41, 5.74) is -2.79. The van der Waals surface area contributed by atoms with Crippen LogP contribution in [-0.4, -0.2) is 37.1 Å². The zero-order valence-electron chi connectivity index (χ0n) is 14.7. The van der Waals surface area contributed by atoms with Crippen molar-refractivity contribution in [2.75, 3.05) is 31.2 Å². The molecule has 29 heavy (non-hydrogen) atoms. The van der Waals surface area contributed by atoms with E-state index >= 15 is 0 Å². The lowest BCUT2D eigenvalue weighted by atomic mass is 10.1. The minimum Gasteiger partial charge on any atom is -0.618 e. The van der Waals surface area contributed by atoms with Gasteiger partial charge in [-0.2, -0.15) is 17.9 Å². The molecule has 11 heteroatoms. The Balaban J connectivity index is 1.95. The van der Waals surface area contributed by atoms with Crippen molar-refractivity contribution in [3.8, 4) is 0 Å². The first-order chi connectivity index (χ1) is 13.8. The van der Waals surface area contributed by atoms with Gasteiger partial charge < -0.3 is 19.3 Å². The molecule has 1 aliphatic rings. The van der Waals surface area contributed by atoms with E-state index in [9.17, 15) is 23.2 Å². The van der Waals surface area contributed by atoms with Crippen LogP contribution < -0.4 is 9.63 Å². The number of aromatic nitrogens is 2. The number of alkyl halides is 3. The monoisotopic (exact) mass is 427 g/mol. The molecule has 0 spiro atoms. The number of nitrogens with zero attached hydrogens (tertiary/aromatic N) is 3. The molecule has 0 aliphatic carbocycles. The number of benzene rings is 1. The summed E-state index contributed by atoms with van der Waals surface area (Å²) >= 11 is 6.24. The third kappa shape index (κ3) is 3.49. The molecule has 7 nitrogen and oxygen atoms in total. The minimum atomic E-state index is -5.03. The van der Waals surface area contributed by atoms with E-state index < -0.39 is 29.1 Å². The highest BCUT2D eigenvalue weighted by Crippen LogP contribution is 2.34. The molecule has 1 fully saturated rings. The fraction of sp³-hybridized carbons (Fsp3) is 0.278. The third-order valence-electron chi connectivity index (χ3n) is 4.50. The first-order valence-corrected chi connectivity index (χ1v) is 8.90. The van der Waals surface area contributed by atoms with Gasteiger partial charge >= 0.3 is 6.18 Å². The highest BCUT2D eigenvalue weighted by Gasteiger charge is 2.44. The van der Waals surface area contributed by atoms with E-state index in [1.807, 2.05) is 4.90 Å². The number of rotatable bonds is 3. The number of fused-ring (bicyclic) bond motifs is 1. The van der Waals surface area contributed by atoms with Crippen LogP contribution in [0.4, 0.5) is 18.9 Å². The van der Waals surface area contributed by atoms with Crippen LogP contribution in [0, 0.1) is 5.21 Å². The normalized spacial score (nSPS) is 15.1. The number of ether oxygens (including phenoxy) is 1. The van der Waals surface area contributed by atoms with Crippen LogP contribution in [-0.2, 0) is 10.9 Å². The molecule has 3 heterocycles. The van der Waals surface area contributed by atoms with Crippen LogP contribution in [0.1, 0.15) is 21.9 Å². The summed E-state index contributed by atoms with van der Waals surface area (Å²) in [7, 11) is 0. The van der Waals surface area contributed by atoms with Gasteiger partial charge in [-0.3, -0.25) is 4.79 Å². The predicted molar refractivity (Wildman–Crippen MR) is 95.9 cm³/mol. The molecule has 0 N–H and O–H groups in total. The van der Waals surface area contributed by atoms with Gasteiger partial charge in [0.1, 0.15) is 5.52 Å². The second-order valence-corrected chi connectivity index (χ2v) is 6.71. The van der Waals surface area contributed by atoms with E-state index in [1.165, 1.54) is 24.3 Å². The fourth-order valence-corrected chi connectivity index (χ4v) is 3.43. The number of halogens is 4. The predicted octanol–water partition coefficient (Wildman–Crippen LogP) is 3.20. The van der Waals surface area contributed by atoms with E-state index in [4.69, 9.17) is 20.8 Å². The number of ketones is 1. The van der Waals surface area contributed by atoms with Crippen molar-refractivity contribution in [3.05, 3.63) is 57.9 Å². The van der Waals surface area contributed by atoms with Crippen LogP contribution >= 0.6 is 11.6 Å². The lowest BCUT2D eigenvalue weighted by Gasteiger charge is -2.29. The Morgan fingerprint density at radius 3 is 2.62 bits per heavy atom. The molecular weight excluding hydrogens is 415 g/mol. The molecule has 2 aromatic heterocycles. The Morgan fingerprint density at radius 2 is 2.00 bits per heavy atom. The van der Waals surface area contributed by atoms with E-state index in [0.717, 1.165) is 6.26 Å². The number of hydrogen-bond donors (Lipinski definition) is 0. The van der Waals surface area contributed by atoms with Gasteiger partial charge in [0, 0.05) is 19.2 Å². The maximum atomic E-state index is 13.6. The summed E-state index contributed by atoms with van der Waals surface area (Å²) in [5, 5.41) is 13.1. The number of furan rings is 1. The molecule has 0 amide bonds. The SMILES string of the molecule is O=C(c1ccco1)c1c(C(F)(F)F)nc2cc(Cl)c(N3CCOCC3)cc2[n+]1[O-]. The van der Waals surface area contributed by atoms with Gasteiger partial charge in [0.15, 0.2) is 5.76 Å². The van der Waals surface area contributed by atoms with Crippen LogP contribution in [0.2, 0.25) is 5.02 Å². The van der Waals surface area contributed by atoms with Crippen molar-refractivity contribution in [2.45, 2.75) is 6.18 Å². The standard InChI is InChI=1S/C18H13ClF3N3O4/c19-10-8-11-13(9-12(10)24-3-6-28-7-4-24)25(27)15(17(23-11)18(20,21)22)16(26)14-2-1-5-29-14/h1-2,5,8-9H,3-4,6-7H2. The summed E-state index contributed by atoms with van der Waals surface area (Å²) < 4.78 is 50.8. The maximum Gasteiger partial charge on any atom is 0.440 e. The van der Waals surface area contributed by atoms with Crippen LogP contribution in [0.3, 0.4) is 0 Å². The topological polar surface area (TPSA) is 82.5 Å².